The summed E-state index contributed by atoms with van der Waals surface area (Å²) in [5.41, 5.74) is 2.73. The molecule has 1 aliphatic heterocycles. The maximum Gasteiger partial charge on any atom is 0.225 e. The number of nitrogens with one attached hydrogen (secondary N) is 1. The fraction of sp³-hybridized carbons (Fsp3) is 0.300. The normalized spacial score (nSPS) is 15.2. The van der Waals surface area contributed by atoms with Crippen LogP contribution >= 0.6 is 0 Å². The first-order valence-corrected chi connectivity index (χ1v) is 8.60. The lowest BCUT2D eigenvalue weighted by molar-refractivity contribution is -0.116. The standard InChI is InChI=1S/C20H21N3O/c24-20(10-13-23-11-3-4-12-23)22-19-9-5-8-18-16(19)14-15-6-1-2-7-17(15)21-18/h1-2,5-9,14H,3-4,10-13H2,(H,22,24). The van der Waals surface area contributed by atoms with Crippen LogP contribution in [0.2, 0.25) is 0 Å². The molecule has 122 valence electrons. The average Bonchev–Trinajstić information content (AvgIpc) is 3.12. The molecule has 24 heavy (non-hydrogen) atoms. The summed E-state index contributed by atoms with van der Waals surface area (Å²) in [7, 11) is 0. The molecule has 4 nitrogen and oxygen atoms in total. The van der Waals surface area contributed by atoms with E-state index in [0.29, 0.717) is 6.42 Å². The molecule has 0 radical (unpaired) electrons. The Morgan fingerprint density at radius 2 is 1.83 bits per heavy atom. The summed E-state index contributed by atoms with van der Waals surface area (Å²) in [6.45, 7) is 3.09. The van der Waals surface area contributed by atoms with E-state index in [1.54, 1.807) is 0 Å². The van der Waals surface area contributed by atoms with Gasteiger partial charge in [-0.15, -0.1) is 0 Å². The number of carbonyl (C=O) groups is 1. The Labute approximate surface area is 141 Å². The van der Waals surface area contributed by atoms with Crippen LogP contribution in [0.1, 0.15) is 19.3 Å². The molecule has 4 heteroatoms. The molecule has 0 atom stereocenters. The highest BCUT2D eigenvalue weighted by Crippen LogP contribution is 2.26. The van der Waals surface area contributed by atoms with Gasteiger partial charge in [-0.05, 0) is 50.2 Å². The molecule has 1 N–H and O–H groups in total. The van der Waals surface area contributed by atoms with Crippen molar-refractivity contribution in [2.45, 2.75) is 19.3 Å². The van der Waals surface area contributed by atoms with Crippen LogP contribution in [0.5, 0.6) is 0 Å². The zero-order valence-corrected chi connectivity index (χ0v) is 13.7. The van der Waals surface area contributed by atoms with E-state index in [9.17, 15) is 4.79 Å². The first kappa shape index (κ1) is 15.1. The SMILES string of the molecule is O=C(CCN1CCCC1)Nc1cccc2nc3ccccc3cc12. The van der Waals surface area contributed by atoms with E-state index < -0.39 is 0 Å². The van der Waals surface area contributed by atoms with Crippen LogP contribution in [-0.2, 0) is 4.79 Å². The number of nitrogens with zero attached hydrogens (tertiary/aromatic N) is 2. The minimum Gasteiger partial charge on any atom is -0.325 e. The van der Waals surface area contributed by atoms with Crippen molar-refractivity contribution >= 4 is 33.4 Å². The van der Waals surface area contributed by atoms with Crippen molar-refractivity contribution < 1.29 is 4.79 Å². The number of benzene rings is 2. The fourth-order valence-electron chi connectivity index (χ4n) is 3.39. The molecule has 1 aromatic heterocycles. The summed E-state index contributed by atoms with van der Waals surface area (Å²) in [5, 5.41) is 5.15. The number of pyridine rings is 1. The third-order valence-corrected chi connectivity index (χ3v) is 4.69. The number of carbonyl (C=O) groups excluding carboxylic acids is 1. The van der Waals surface area contributed by atoms with Crippen molar-refractivity contribution in [3.8, 4) is 0 Å². The zero-order valence-electron chi connectivity index (χ0n) is 13.7. The quantitative estimate of drug-likeness (QED) is 0.744. The summed E-state index contributed by atoms with van der Waals surface area (Å²) in [4.78, 5) is 19.4. The van der Waals surface area contributed by atoms with Crippen molar-refractivity contribution in [3.63, 3.8) is 0 Å². The summed E-state index contributed by atoms with van der Waals surface area (Å²) in [6.07, 6.45) is 3.05. The van der Waals surface area contributed by atoms with Crippen molar-refractivity contribution in [3.05, 3.63) is 48.5 Å². The Morgan fingerprint density at radius 1 is 1.04 bits per heavy atom. The highest BCUT2D eigenvalue weighted by atomic mass is 16.1. The molecule has 3 aromatic rings. The summed E-state index contributed by atoms with van der Waals surface area (Å²) >= 11 is 0. The zero-order chi connectivity index (χ0) is 16.4. The Hall–Kier alpha value is -2.46. The molecule has 0 saturated carbocycles. The third-order valence-electron chi connectivity index (χ3n) is 4.69. The second kappa shape index (κ2) is 6.57. The molecule has 0 spiro atoms. The minimum atomic E-state index is 0.0718. The lowest BCUT2D eigenvalue weighted by Gasteiger charge is -2.14. The molecule has 1 amide bonds. The average molecular weight is 319 g/mol. The number of hydrogen-bond donors (Lipinski definition) is 1. The molecule has 0 bridgehead atoms. The van der Waals surface area contributed by atoms with E-state index in [4.69, 9.17) is 4.98 Å². The smallest absolute Gasteiger partial charge is 0.225 e. The number of aromatic nitrogens is 1. The van der Waals surface area contributed by atoms with Crippen molar-refractivity contribution in [1.29, 1.82) is 0 Å². The number of rotatable bonds is 4. The maximum atomic E-state index is 12.3. The number of hydrogen-bond acceptors (Lipinski definition) is 3. The van der Waals surface area contributed by atoms with Crippen molar-refractivity contribution in [2.75, 3.05) is 25.0 Å². The van der Waals surface area contributed by atoms with Crippen LogP contribution in [0.25, 0.3) is 21.8 Å². The molecule has 2 aromatic carbocycles. The Kier molecular flexibility index (Phi) is 4.13. The van der Waals surface area contributed by atoms with Crippen LogP contribution in [0.3, 0.4) is 0 Å². The monoisotopic (exact) mass is 319 g/mol. The topological polar surface area (TPSA) is 45.2 Å². The van der Waals surface area contributed by atoms with E-state index in [-0.39, 0.29) is 5.91 Å². The van der Waals surface area contributed by atoms with Gasteiger partial charge in [-0.3, -0.25) is 4.79 Å². The number of likely N-dealkylation sites (tertiary alicyclic amines) is 1. The van der Waals surface area contributed by atoms with Crippen LogP contribution in [0, 0.1) is 0 Å². The number of amides is 1. The second-order valence-corrected chi connectivity index (χ2v) is 6.40. The van der Waals surface area contributed by atoms with E-state index in [1.165, 1.54) is 12.8 Å². The van der Waals surface area contributed by atoms with Crippen molar-refractivity contribution in [1.82, 2.24) is 9.88 Å². The largest absolute Gasteiger partial charge is 0.325 e. The van der Waals surface area contributed by atoms with E-state index >= 15 is 0 Å². The van der Waals surface area contributed by atoms with Gasteiger partial charge in [-0.1, -0.05) is 24.3 Å². The number of para-hydroxylation sites is 1. The van der Waals surface area contributed by atoms with Gasteiger partial charge in [0.05, 0.1) is 16.7 Å². The number of fused-ring (bicyclic) bond motifs is 2. The van der Waals surface area contributed by atoms with E-state index in [0.717, 1.165) is 47.1 Å². The third kappa shape index (κ3) is 3.10. The van der Waals surface area contributed by atoms with Gasteiger partial charge in [-0.2, -0.15) is 0 Å². The molecule has 1 aliphatic rings. The molecule has 1 saturated heterocycles. The molecule has 0 aliphatic carbocycles. The lowest BCUT2D eigenvalue weighted by atomic mass is 10.1. The first-order valence-electron chi connectivity index (χ1n) is 8.60. The predicted molar refractivity (Wildman–Crippen MR) is 98.2 cm³/mol. The maximum absolute atomic E-state index is 12.3. The summed E-state index contributed by atoms with van der Waals surface area (Å²) in [5.74, 6) is 0.0718. The summed E-state index contributed by atoms with van der Waals surface area (Å²) in [6, 6.07) is 16.0. The van der Waals surface area contributed by atoms with Gasteiger partial charge in [0.25, 0.3) is 0 Å². The fourth-order valence-corrected chi connectivity index (χ4v) is 3.39. The lowest BCUT2D eigenvalue weighted by Crippen LogP contribution is -2.25. The molecule has 1 fully saturated rings. The Morgan fingerprint density at radius 3 is 2.71 bits per heavy atom. The minimum absolute atomic E-state index is 0.0718. The van der Waals surface area contributed by atoms with E-state index in [2.05, 4.69) is 16.3 Å². The summed E-state index contributed by atoms with van der Waals surface area (Å²) < 4.78 is 0. The van der Waals surface area contributed by atoms with Gasteiger partial charge >= 0.3 is 0 Å². The highest BCUT2D eigenvalue weighted by molar-refractivity contribution is 6.04. The van der Waals surface area contributed by atoms with E-state index in [1.807, 2.05) is 42.5 Å². The molecule has 0 unspecified atom stereocenters. The highest BCUT2D eigenvalue weighted by Gasteiger charge is 2.13. The molecular weight excluding hydrogens is 298 g/mol. The Balaban J connectivity index is 1.56. The second-order valence-electron chi connectivity index (χ2n) is 6.40. The first-order chi connectivity index (χ1) is 11.8. The predicted octanol–water partition coefficient (Wildman–Crippen LogP) is 3.81. The Bertz CT molecular complexity index is 884. The van der Waals surface area contributed by atoms with Gasteiger partial charge in [-0.25, -0.2) is 4.98 Å². The molecule has 2 heterocycles. The van der Waals surface area contributed by atoms with Gasteiger partial charge < -0.3 is 10.2 Å². The van der Waals surface area contributed by atoms with Crippen molar-refractivity contribution in [2.24, 2.45) is 0 Å². The van der Waals surface area contributed by atoms with Gasteiger partial charge in [0.2, 0.25) is 5.91 Å². The van der Waals surface area contributed by atoms with Crippen LogP contribution in [0.15, 0.2) is 48.5 Å². The van der Waals surface area contributed by atoms with Crippen LogP contribution in [-0.4, -0.2) is 35.4 Å². The molecular formula is C20H21N3O. The van der Waals surface area contributed by atoms with Gasteiger partial charge in [0.1, 0.15) is 0 Å². The number of anilines is 1. The van der Waals surface area contributed by atoms with Crippen LogP contribution in [0.4, 0.5) is 5.69 Å². The van der Waals surface area contributed by atoms with Gasteiger partial charge in [0.15, 0.2) is 0 Å². The van der Waals surface area contributed by atoms with Gasteiger partial charge in [0, 0.05) is 23.7 Å². The van der Waals surface area contributed by atoms with Crippen LogP contribution < -0.4 is 5.32 Å². The molecule has 4 rings (SSSR count).